The lowest BCUT2D eigenvalue weighted by molar-refractivity contribution is 0.112. The Hall–Kier alpha value is -1.30. The highest BCUT2D eigenvalue weighted by atomic mass is 16.5. The summed E-state index contributed by atoms with van der Waals surface area (Å²) < 4.78 is 5.61. The van der Waals surface area contributed by atoms with Gasteiger partial charge < -0.3 is 20.1 Å². The van der Waals surface area contributed by atoms with Gasteiger partial charge in [0.15, 0.2) is 0 Å². The Labute approximate surface area is 132 Å². The van der Waals surface area contributed by atoms with Crippen molar-refractivity contribution in [3.05, 3.63) is 23.8 Å². The van der Waals surface area contributed by atoms with Crippen molar-refractivity contribution in [1.29, 1.82) is 0 Å². The zero-order valence-electron chi connectivity index (χ0n) is 13.3. The number of ether oxygens (including phenoxy) is 1. The van der Waals surface area contributed by atoms with E-state index in [0.717, 1.165) is 70.3 Å². The lowest BCUT2D eigenvalue weighted by atomic mass is 10.1. The number of β-amino-alcohol motifs (C(OH)–C–C–N with tert-alkyl or cyclic N) is 1. The molecule has 0 atom stereocenters. The minimum absolute atomic E-state index is 0.274. The summed E-state index contributed by atoms with van der Waals surface area (Å²) in [5.74, 6) is 0.981. The minimum Gasteiger partial charge on any atom is -0.490 e. The van der Waals surface area contributed by atoms with Crippen LogP contribution in [0, 0.1) is 0 Å². The van der Waals surface area contributed by atoms with Gasteiger partial charge >= 0.3 is 0 Å². The van der Waals surface area contributed by atoms with E-state index < -0.39 is 0 Å². The van der Waals surface area contributed by atoms with Gasteiger partial charge in [-0.1, -0.05) is 6.07 Å². The average Bonchev–Trinajstić information content (AvgIpc) is 2.57. The molecule has 0 aromatic heterocycles. The van der Waals surface area contributed by atoms with E-state index in [0.29, 0.717) is 0 Å². The molecular formula is C17H27N3O2. The molecule has 0 spiro atoms. The van der Waals surface area contributed by atoms with Crippen LogP contribution in [0.1, 0.15) is 12.0 Å². The fraction of sp³-hybridized carbons (Fsp3) is 0.647. The predicted molar refractivity (Wildman–Crippen MR) is 88.7 cm³/mol. The highest BCUT2D eigenvalue weighted by Crippen LogP contribution is 2.28. The summed E-state index contributed by atoms with van der Waals surface area (Å²) in [6.07, 6.45) is 2.31. The van der Waals surface area contributed by atoms with Crippen LogP contribution >= 0.6 is 0 Å². The number of benzene rings is 1. The van der Waals surface area contributed by atoms with Crippen LogP contribution in [0.25, 0.3) is 0 Å². The van der Waals surface area contributed by atoms with E-state index in [2.05, 4.69) is 33.3 Å². The molecule has 2 N–H and O–H groups in total. The van der Waals surface area contributed by atoms with E-state index in [1.54, 1.807) is 0 Å². The van der Waals surface area contributed by atoms with Crippen LogP contribution in [-0.4, -0.2) is 73.9 Å². The van der Waals surface area contributed by atoms with Crippen LogP contribution in [0.3, 0.4) is 0 Å². The van der Waals surface area contributed by atoms with Crippen LogP contribution < -0.4 is 10.1 Å². The molecule has 5 heteroatoms. The van der Waals surface area contributed by atoms with E-state index in [4.69, 9.17) is 9.84 Å². The van der Waals surface area contributed by atoms with Gasteiger partial charge in [0.2, 0.25) is 0 Å². The maximum atomic E-state index is 8.97. The Bertz CT molecular complexity index is 473. The Morgan fingerprint density at radius 1 is 1.09 bits per heavy atom. The number of anilines is 1. The molecular weight excluding hydrogens is 278 g/mol. The van der Waals surface area contributed by atoms with Crippen molar-refractivity contribution in [2.45, 2.75) is 12.8 Å². The molecule has 0 bridgehead atoms. The number of nitrogens with one attached hydrogen (secondary N) is 1. The summed E-state index contributed by atoms with van der Waals surface area (Å²) in [5.41, 5.74) is 2.53. The first-order valence-electron chi connectivity index (χ1n) is 8.40. The zero-order valence-corrected chi connectivity index (χ0v) is 13.3. The van der Waals surface area contributed by atoms with Crippen LogP contribution in [0.4, 0.5) is 5.69 Å². The van der Waals surface area contributed by atoms with Gasteiger partial charge in [-0.25, -0.2) is 0 Å². The van der Waals surface area contributed by atoms with Gasteiger partial charge in [0, 0.05) is 39.3 Å². The largest absolute Gasteiger partial charge is 0.490 e. The standard InChI is InChI=1S/C17H27N3O2/c21-12-11-20-9-7-19(8-10-20)6-1-2-15-3-4-17-16(14-15)18-5-13-22-17/h3-4,14,18,21H,1-2,5-13H2. The van der Waals surface area contributed by atoms with E-state index in [-0.39, 0.29) is 6.61 Å². The topological polar surface area (TPSA) is 48.0 Å². The van der Waals surface area contributed by atoms with Gasteiger partial charge in [0.1, 0.15) is 12.4 Å². The molecule has 1 aromatic rings. The van der Waals surface area contributed by atoms with Crippen molar-refractivity contribution in [2.75, 3.05) is 64.3 Å². The third kappa shape index (κ3) is 4.12. The third-order valence-corrected chi connectivity index (χ3v) is 4.54. The molecule has 5 nitrogen and oxygen atoms in total. The Morgan fingerprint density at radius 3 is 2.64 bits per heavy atom. The van der Waals surface area contributed by atoms with Crippen LogP contribution in [0.15, 0.2) is 18.2 Å². The molecule has 122 valence electrons. The number of aryl methyl sites for hydroxylation is 1. The molecule has 3 rings (SSSR count). The average molecular weight is 305 g/mol. The highest BCUT2D eigenvalue weighted by molar-refractivity contribution is 5.59. The van der Waals surface area contributed by atoms with Crippen LogP contribution in [-0.2, 0) is 6.42 Å². The quantitative estimate of drug-likeness (QED) is 0.822. The number of hydrogen-bond donors (Lipinski definition) is 2. The summed E-state index contributed by atoms with van der Waals surface area (Å²) in [6.45, 7) is 8.33. The summed E-state index contributed by atoms with van der Waals surface area (Å²) in [5, 5.41) is 12.4. The first kappa shape index (κ1) is 15.6. The highest BCUT2D eigenvalue weighted by Gasteiger charge is 2.16. The second-order valence-electron chi connectivity index (χ2n) is 6.12. The molecule has 0 radical (unpaired) electrons. The van der Waals surface area contributed by atoms with E-state index in [9.17, 15) is 0 Å². The smallest absolute Gasteiger partial charge is 0.142 e. The fourth-order valence-corrected chi connectivity index (χ4v) is 3.23. The molecule has 2 aliphatic rings. The Kier molecular flexibility index (Phi) is 5.53. The molecule has 0 unspecified atom stereocenters. The monoisotopic (exact) mass is 305 g/mol. The van der Waals surface area contributed by atoms with E-state index in [1.807, 2.05) is 0 Å². The van der Waals surface area contributed by atoms with Gasteiger partial charge in [-0.3, -0.25) is 4.90 Å². The second kappa shape index (κ2) is 7.81. The molecule has 1 fully saturated rings. The van der Waals surface area contributed by atoms with Crippen molar-refractivity contribution in [2.24, 2.45) is 0 Å². The van der Waals surface area contributed by atoms with E-state index in [1.165, 1.54) is 12.0 Å². The molecule has 0 amide bonds. The maximum Gasteiger partial charge on any atom is 0.142 e. The number of aliphatic hydroxyl groups is 1. The van der Waals surface area contributed by atoms with Gasteiger partial charge in [0.05, 0.1) is 12.3 Å². The van der Waals surface area contributed by atoms with Crippen molar-refractivity contribution in [1.82, 2.24) is 9.80 Å². The van der Waals surface area contributed by atoms with Gasteiger partial charge in [-0.15, -0.1) is 0 Å². The number of fused-ring (bicyclic) bond motifs is 1. The molecule has 1 aromatic carbocycles. The van der Waals surface area contributed by atoms with Gasteiger partial charge in [0.25, 0.3) is 0 Å². The summed E-state index contributed by atoms with van der Waals surface area (Å²) in [6, 6.07) is 6.50. The normalized spacial score (nSPS) is 19.3. The van der Waals surface area contributed by atoms with Crippen molar-refractivity contribution < 1.29 is 9.84 Å². The van der Waals surface area contributed by atoms with Gasteiger partial charge in [-0.05, 0) is 37.1 Å². The lowest BCUT2D eigenvalue weighted by Crippen LogP contribution is -2.47. The lowest BCUT2D eigenvalue weighted by Gasteiger charge is -2.34. The molecule has 1 saturated heterocycles. The summed E-state index contributed by atoms with van der Waals surface area (Å²) in [4.78, 5) is 4.87. The summed E-state index contributed by atoms with van der Waals surface area (Å²) in [7, 11) is 0. The predicted octanol–water partition coefficient (Wildman–Crippen LogP) is 1.03. The molecule has 22 heavy (non-hydrogen) atoms. The van der Waals surface area contributed by atoms with Crippen LogP contribution in [0.5, 0.6) is 5.75 Å². The molecule has 2 heterocycles. The molecule has 0 saturated carbocycles. The number of hydrogen-bond acceptors (Lipinski definition) is 5. The van der Waals surface area contributed by atoms with Crippen molar-refractivity contribution >= 4 is 5.69 Å². The first-order valence-corrected chi connectivity index (χ1v) is 8.40. The zero-order chi connectivity index (χ0) is 15.2. The van der Waals surface area contributed by atoms with Crippen LogP contribution in [0.2, 0.25) is 0 Å². The number of nitrogens with zero attached hydrogens (tertiary/aromatic N) is 2. The van der Waals surface area contributed by atoms with E-state index >= 15 is 0 Å². The Morgan fingerprint density at radius 2 is 1.86 bits per heavy atom. The minimum atomic E-state index is 0.274. The molecule has 2 aliphatic heterocycles. The Balaban J connectivity index is 1.40. The third-order valence-electron chi connectivity index (χ3n) is 4.54. The fourth-order valence-electron chi connectivity index (χ4n) is 3.23. The molecule has 0 aliphatic carbocycles. The number of rotatable bonds is 6. The van der Waals surface area contributed by atoms with Crippen molar-refractivity contribution in [3.63, 3.8) is 0 Å². The SMILES string of the molecule is OCCN1CCN(CCCc2ccc3c(c2)NCCO3)CC1. The maximum absolute atomic E-state index is 8.97. The first-order chi connectivity index (χ1) is 10.8. The number of aliphatic hydroxyl groups excluding tert-OH is 1. The second-order valence-corrected chi connectivity index (χ2v) is 6.12. The van der Waals surface area contributed by atoms with Gasteiger partial charge in [-0.2, -0.15) is 0 Å². The summed E-state index contributed by atoms with van der Waals surface area (Å²) >= 11 is 0. The number of piperazine rings is 1. The van der Waals surface area contributed by atoms with Crippen molar-refractivity contribution in [3.8, 4) is 5.75 Å².